The number of anilines is 1. The predicted octanol–water partition coefficient (Wildman–Crippen LogP) is 3.83. The molecule has 12 nitrogen and oxygen atoms in total. The molecule has 240 valence electrons. The fourth-order valence-electron chi connectivity index (χ4n) is 6.05. The molecule has 2 aromatic heterocycles. The summed E-state index contributed by atoms with van der Waals surface area (Å²) in [6.45, 7) is 3.67. The number of nitrogens with one attached hydrogen (secondary N) is 2. The van der Waals surface area contributed by atoms with Gasteiger partial charge in [0.25, 0.3) is 11.8 Å². The minimum atomic E-state index is -1.09. The Morgan fingerprint density at radius 2 is 1.74 bits per heavy atom. The van der Waals surface area contributed by atoms with Crippen LogP contribution in [0, 0.1) is 30.4 Å². The van der Waals surface area contributed by atoms with E-state index in [1.807, 2.05) is 0 Å². The molecule has 1 saturated heterocycles. The minimum Gasteiger partial charge on any atom is -0.383 e. The number of rotatable bonds is 9. The zero-order chi connectivity index (χ0) is 32.9. The van der Waals surface area contributed by atoms with Crippen LogP contribution in [0.4, 0.5) is 19.3 Å². The van der Waals surface area contributed by atoms with Crippen molar-refractivity contribution >= 4 is 35.1 Å². The van der Waals surface area contributed by atoms with Crippen molar-refractivity contribution in [3.63, 3.8) is 0 Å². The van der Waals surface area contributed by atoms with Gasteiger partial charge in [-0.25, -0.2) is 18.6 Å². The fourth-order valence-corrected chi connectivity index (χ4v) is 6.32. The van der Waals surface area contributed by atoms with Crippen molar-refractivity contribution in [1.82, 2.24) is 29.5 Å². The summed E-state index contributed by atoms with van der Waals surface area (Å²) < 4.78 is 38.9. The highest BCUT2D eigenvalue weighted by molar-refractivity contribution is 6.34. The van der Waals surface area contributed by atoms with Crippen molar-refractivity contribution < 1.29 is 27.9 Å². The van der Waals surface area contributed by atoms with Crippen LogP contribution in [0.15, 0.2) is 42.7 Å². The Morgan fingerprint density at radius 3 is 2.41 bits per heavy atom. The number of fused-ring (bicyclic) bond motifs is 1. The average molecular weight is 653 g/mol. The number of hydrogen-bond donors (Lipinski definition) is 3. The lowest BCUT2D eigenvalue weighted by Crippen LogP contribution is -2.39. The molecule has 2 atom stereocenters. The van der Waals surface area contributed by atoms with Crippen LogP contribution in [0.5, 0.6) is 0 Å². The fraction of sp³-hybridized carbons (Fsp3) is 0.323. The maximum Gasteiger partial charge on any atom is 0.314 e. The number of primary amides is 1. The van der Waals surface area contributed by atoms with Gasteiger partial charge in [-0.15, -0.1) is 0 Å². The first-order valence-corrected chi connectivity index (χ1v) is 14.9. The number of aromatic nitrogens is 4. The molecule has 2 fully saturated rings. The molecule has 4 N–H and O–H groups in total. The van der Waals surface area contributed by atoms with Gasteiger partial charge in [0.2, 0.25) is 0 Å². The molecule has 2 aromatic carbocycles. The SMILES string of the molecule is COCCn1ncc(-c2ccc(-c3cnc(C(=O)Nc4ccc(C(=O)NC5C6CN(C(N)=O)CC65)c(Cl)c4)n3C)c(F)c2F)c1C. The van der Waals surface area contributed by atoms with Crippen LogP contribution in [-0.2, 0) is 18.3 Å². The number of piperidine rings is 1. The van der Waals surface area contributed by atoms with Crippen LogP contribution in [0.2, 0.25) is 5.02 Å². The van der Waals surface area contributed by atoms with E-state index in [2.05, 4.69) is 20.7 Å². The Kier molecular flexibility index (Phi) is 8.25. The second kappa shape index (κ2) is 12.2. The van der Waals surface area contributed by atoms with E-state index >= 15 is 8.78 Å². The van der Waals surface area contributed by atoms with Crippen molar-refractivity contribution in [2.24, 2.45) is 24.6 Å². The molecular formula is C31H31ClF2N8O4. The van der Waals surface area contributed by atoms with Gasteiger partial charge in [-0.05, 0) is 31.2 Å². The molecule has 4 aromatic rings. The summed E-state index contributed by atoms with van der Waals surface area (Å²) in [5.74, 6) is -2.84. The number of nitrogens with zero attached hydrogens (tertiary/aromatic N) is 5. The van der Waals surface area contributed by atoms with Gasteiger partial charge in [0.05, 0.1) is 41.8 Å². The molecule has 2 unspecified atom stereocenters. The summed E-state index contributed by atoms with van der Waals surface area (Å²) in [6.07, 6.45) is 2.77. The van der Waals surface area contributed by atoms with Crippen LogP contribution >= 0.6 is 11.6 Å². The molecule has 1 saturated carbocycles. The third kappa shape index (κ3) is 5.58. The number of carbonyl (C=O) groups is 3. The Bertz CT molecular complexity index is 1860. The van der Waals surface area contributed by atoms with Crippen LogP contribution in [0.1, 0.15) is 26.7 Å². The maximum atomic E-state index is 15.4. The topological polar surface area (TPSA) is 149 Å². The lowest BCUT2D eigenvalue weighted by molar-refractivity contribution is 0.0944. The van der Waals surface area contributed by atoms with Gasteiger partial charge < -0.3 is 30.6 Å². The first kappa shape index (κ1) is 31.2. The lowest BCUT2D eigenvalue weighted by Gasteiger charge is -2.17. The van der Waals surface area contributed by atoms with Crippen molar-refractivity contribution in [2.45, 2.75) is 19.5 Å². The molecule has 0 radical (unpaired) electrons. The Labute approximate surface area is 267 Å². The molecule has 1 aliphatic heterocycles. The maximum absolute atomic E-state index is 15.4. The molecule has 0 bridgehead atoms. The molecule has 0 spiro atoms. The number of benzene rings is 2. The number of ether oxygens (including phenoxy) is 1. The zero-order valence-corrected chi connectivity index (χ0v) is 25.9. The molecule has 3 heterocycles. The summed E-state index contributed by atoms with van der Waals surface area (Å²) in [5, 5.41) is 10.00. The zero-order valence-electron chi connectivity index (χ0n) is 25.2. The second-order valence-corrected chi connectivity index (χ2v) is 11.8. The predicted molar refractivity (Wildman–Crippen MR) is 165 cm³/mol. The molecular weight excluding hydrogens is 622 g/mol. The van der Waals surface area contributed by atoms with E-state index in [1.165, 1.54) is 54.3 Å². The first-order chi connectivity index (χ1) is 22.0. The standard InChI is InChI=1S/C31H31ClF2N8O4/c1-15-20(11-37-42(15)8-9-46-3)17-6-7-19(26(34)25(17)33)24-12-36-28(40(24)2)30(44)38-16-4-5-18(23(32)10-16)29(43)39-27-21-13-41(31(35)45)14-22(21)27/h4-7,10-12,21-22,27H,8-9,13-14H2,1-3H3,(H2,35,45)(H,38,44)(H,39,43). The number of hydrogen-bond acceptors (Lipinski definition) is 6. The smallest absolute Gasteiger partial charge is 0.314 e. The number of imidazole rings is 1. The van der Waals surface area contributed by atoms with Gasteiger partial charge in [-0.3, -0.25) is 14.3 Å². The summed E-state index contributed by atoms with van der Waals surface area (Å²) in [4.78, 5) is 43.0. The molecule has 2 aliphatic rings. The second-order valence-electron chi connectivity index (χ2n) is 11.4. The Hall–Kier alpha value is -4.82. The van der Waals surface area contributed by atoms with E-state index in [4.69, 9.17) is 22.1 Å². The monoisotopic (exact) mass is 652 g/mol. The van der Waals surface area contributed by atoms with E-state index < -0.39 is 23.6 Å². The van der Waals surface area contributed by atoms with Gasteiger partial charge in [0.15, 0.2) is 17.5 Å². The normalized spacial score (nSPS) is 18.4. The summed E-state index contributed by atoms with van der Waals surface area (Å²) in [6, 6.07) is 6.84. The Balaban J connectivity index is 1.13. The first-order valence-electron chi connectivity index (χ1n) is 14.5. The van der Waals surface area contributed by atoms with Gasteiger partial charge in [-0.2, -0.15) is 5.10 Å². The lowest BCUT2D eigenvalue weighted by atomic mass is 10.0. The highest BCUT2D eigenvalue weighted by Gasteiger charge is 2.57. The molecule has 46 heavy (non-hydrogen) atoms. The van der Waals surface area contributed by atoms with E-state index in [9.17, 15) is 14.4 Å². The quantitative estimate of drug-likeness (QED) is 0.250. The minimum absolute atomic E-state index is 0.0557. The van der Waals surface area contributed by atoms with Crippen LogP contribution < -0.4 is 16.4 Å². The molecule has 1 aliphatic carbocycles. The van der Waals surface area contributed by atoms with Crippen molar-refractivity contribution in [3.8, 4) is 22.4 Å². The summed E-state index contributed by atoms with van der Waals surface area (Å²) >= 11 is 6.39. The van der Waals surface area contributed by atoms with Crippen LogP contribution in [0.25, 0.3) is 22.4 Å². The third-order valence-corrected chi connectivity index (χ3v) is 9.04. The number of carbonyl (C=O) groups excluding carboxylic acids is 3. The molecule has 4 amide bonds. The van der Waals surface area contributed by atoms with E-state index in [1.54, 1.807) is 23.6 Å². The summed E-state index contributed by atoms with van der Waals surface area (Å²) in [5.41, 5.74) is 7.16. The third-order valence-electron chi connectivity index (χ3n) is 8.73. The molecule has 6 rings (SSSR count). The largest absolute Gasteiger partial charge is 0.383 e. The highest BCUT2D eigenvalue weighted by Crippen LogP contribution is 2.45. The number of urea groups is 1. The van der Waals surface area contributed by atoms with Crippen molar-refractivity contribution in [1.29, 1.82) is 0 Å². The van der Waals surface area contributed by atoms with E-state index in [0.29, 0.717) is 43.2 Å². The van der Waals surface area contributed by atoms with Gasteiger partial charge >= 0.3 is 6.03 Å². The van der Waals surface area contributed by atoms with E-state index in [0.717, 1.165) is 0 Å². The van der Waals surface area contributed by atoms with Gasteiger partial charge in [-0.1, -0.05) is 17.7 Å². The highest BCUT2D eigenvalue weighted by atomic mass is 35.5. The summed E-state index contributed by atoms with van der Waals surface area (Å²) in [7, 11) is 3.09. The van der Waals surface area contributed by atoms with Crippen LogP contribution in [0.3, 0.4) is 0 Å². The number of methoxy groups -OCH3 is 1. The van der Waals surface area contributed by atoms with Crippen molar-refractivity contribution in [3.05, 3.63) is 76.5 Å². The molecule has 15 heteroatoms. The van der Waals surface area contributed by atoms with Gasteiger partial charge in [0, 0.05) is 73.2 Å². The van der Waals surface area contributed by atoms with E-state index in [-0.39, 0.29) is 57.0 Å². The number of amides is 4. The number of nitrogens with two attached hydrogens (primary N) is 1. The van der Waals surface area contributed by atoms with Crippen molar-refractivity contribution in [2.75, 3.05) is 32.1 Å². The average Bonchev–Trinajstić information content (AvgIpc) is 3.39. The van der Waals surface area contributed by atoms with Gasteiger partial charge in [0.1, 0.15) is 0 Å². The van der Waals surface area contributed by atoms with Crippen LogP contribution in [-0.4, -0.2) is 74.9 Å². The number of likely N-dealkylation sites (tertiary alicyclic amines) is 1. The number of halogens is 3. The Morgan fingerprint density at radius 1 is 1.04 bits per heavy atom.